The van der Waals surface area contributed by atoms with Gasteiger partial charge in [0, 0.05) is 41.0 Å². The van der Waals surface area contributed by atoms with Crippen molar-refractivity contribution in [3.8, 4) is 5.75 Å². The van der Waals surface area contributed by atoms with Gasteiger partial charge in [0.2, 0.25) is 0 Å². The molecule has 1 aromatic heterocycles. The summed E-state index contributed by atoms with van der Waals surface area (Å²) in [5.41, 5.74) is -0.449. The fourth-order valence-corrected chi connectivity index (χ4v) is 5.55. The molecule has 0 unspecified atom stereocenters. The second-order valence-corrected chi connectivity index (χ2v) is 11.1. The summed E-state index contributed by atoms with van der Waals surface area (Å²) in [4.78, 5) is 32.6. The van der Waals surface area contributed by atoms with Crippen LogP contribution in [0.25, 0.3) is 0 Å². The molecule has 5 rings (SSSR count). The Hall–Kier alpha value is -2.51. The Balaban J connectivity index is 1.22. The number of aromatic nitrogens is 1. The molecule has 7 nitrogen and oxygen atoms in total. The summed E-state index contributed by atoms with van der Waals surface area (Å²) in [6, 6.07) is 9.51. The highest BCUT2D eigenvalue weighted by Crippen LogP contribution is 2.39. The van der Waals surface area contributed by atoms with Gasteiger partial charge < -0.3 is 20.3 Å². The molecule has 2 saturated heterocycles. The third kappa shape index (κ3) is 5.36. The number of benzene rings is 1. The van der Waals surface area contributed by atoms with Crippen molar-refractivity contribution in [2.24, 2.45) is 0 Å². The molecule has 2 amide bonds. The van der Waals surface area contributed by atoms with Gasteiger partial charge in [0.1, 0.15) is 11.6 Å². The smallest absolute Gasteiger partial charge is 0.263 e. The first-order valence-electron chi connectivity index (χ1n) is 12.2. The maximum Gasteiger partial charge on any atom is 0.263 e. The van der Waals surface area contributed by atoms with E-state index in [4.69, 9.17) is 27.9 Å². The summed E-state index contributed by atoms with van der Waals surface area (Å²) in [6.07, 6.45) is 7.55. The van der Waals surface area contributed by atoms with Gasteiger partial charge in [-0.05, 0) is 82.7 Å². The number of carbonyl (C=O) groups is 2. The van der Waals surface area contributed by atoms with Gasteiger partial charge in [-0.3, -0.25) is 9.59 Å². The Morgan fingerprint density at radius 3 is 2.37 bits per heavy atom. The van der Waals surface area contributed by atoms with Crippen LogP contribution in [0.1, 0.15) is 62.7 Å². The van der Waals surface area contributed by atoms with Crippen molar-refractivity contribution in [1.82, 2.24) is 15.6 Å². The summed E-state index contributed by atoms with van der Waals surface area (Å²) in [7, 11) is 0. The molecule has 1 aromatic carbocycles. The lowest BCUT2D eigenvalue weighted by Gasteiger charge is -2.41. The number of piperidine rings is 1. The molecule has 186 valence electrons. The molecular formula is C26H30Cl2N4O3. The third-order valence-electron chi connectivity index (χ3n) is 7.06. The van der Waals surface area contributed by atoms with Crippen molar-refractivity contribution < 1.29 is 14.3 Å². The number of rotatable bonds is 7. The van der Waals surface area contributed by atoms with Gasteiger partial charge in [-0.15, -0.1) is 0 Å². The van der Waals surface area contributed by atoms with E-state index >= 15 is 0 Å². The second-order valence-electron chi connectivity index (χ2n) is 10.3. The molecule has 1 aliphatic carbocycles. The predicted octanol–water partition coefficient (Wildman–Crippen LogP) is 4.75. The molecule has 35 heavy (non-hydrogen) atoms. The van der Waals surface area contributed by atoms with Crippen LogP contribution in [-0.2, 0) is 4.79 Å². The second kappa shape index (κ2) is 9.51. The van der Waals surface area contributed by atoms with E-state index in [2.05, 4.69) is 20.5 Å². The Morgan fingerprint density at radius 1 is 1.00 bits per heavy atom. The van der Waals surface area contributed by atoms with Crippen molar-refractivity contribution >= 4 is 40.8 Å². The number of hydrogen-bond donors (Lipinski definition) is 2. The molecule has 2 aliphatic heterocycles. The van der Waals surface area contributed by atoms with Crippen LogP contribution in [0.2, 0.25) is 10.0 Å². The molecule has 3 aliphatic rings. The first kappa shape index (κ1) is 24.2. The Bertz CT molecular complexity index is 1120. The van der Waals surface area contributed by atoms with Gasteiger partial charge in [-0.1, -0.05) is 23.2 Å². The number of hydrogen-bond acceptors (Lipinski definition) is 5. The average molecular weight is 517 g/mol. The summed E-state index contributed by atoms with van der Waals surface area (Å²) in [6.45, 7) is 3.47. The fraction of sp³-hybridized carbons (Fsp3) is 0.500. The van der Waals surface area contributed by atoms with E-state index in [1.54, 1.807) is 44.3 Å². The molecular weight excluding hydrogens is 487 g/mol. The summed E-state index contributed by atoms with van der Waals surface area (Å²) < 4.78 is 5.96. The molecule has 2 N–H and O–H groups in total. The van der Waals surface area contributed by atoms with Gasteiger partial charge in [-0.2, -0.15) is 0 Å². The Morgan fingerprint density at radius 2 is 1.71 bits per heavy atom. The molecule has 0 radical (unpaired) electrons. The molecule has 3 heterocycles. The first-order chi connectivity index (χ1) is 16.7. The van der Waals surface area contributed by atoms with Gasteiger partial charge >= 0.3 is 0 Å². The average Bonchev–Trinajstić information content (AvgIpc) is 3.58. The van der Waals surface area contributed by atoms with E-state index in [0.29, 0.717) is 27.4 Å². The normalized spacial score (nSPS) is 23.7. The number of nitrogens with zero attached hydrogens (tertiary/aromatic N) is 2. The number of carbonyl (C=O) groups excluding carboxylic acids is 2. The van der Waals surface area contributed by atoms with Crippen molar-refractivity contribution in [3.63, 3.8) is 0 Å². The van der Waals surface area contributed by atoms with E-state index < -0.39 is 5.60 Å². The number of fused-ring (bicyclic) bond motifs is 2. The molecule has 1 saturated carbocycles. The maximum atomic E-state index is 13.1. The number of amides is 2. The van der Waals surface area contributed by atoms with Gasteiger partial charge in [0.05, 0.1) is 5.02 Å². The fourth-order valence-electron chi connectivity index (χ4n) is 5.10. The van der Waals surface area contributed by atoms with E-state index in [1.807, 2.05) is 6.07 Å². The van der Waals surface area contributed by atoms with Gasteiger partial charge in [0.25, 0.3) is 11.8 Å². The van der Waals surface area contributed by atoms with E-state index in [9.17, 15) is 9.59 Å². The van der Waals surface area contributed by atoms with E-state index in [-0.39, 0.29) is 29.9 Å². The topological polar surface area (TPSA) is 83.6 Å². The largest absolute Gasteiger partial charge is 0.476 e. The number of ether oxygens (including phenoxy) is 1. The SMILES string of the molecule is CC(C)(Oc1ccc(Cl)cc1Cl)C(=O)N[C@H]1C[C@H]2CC[C@@H](C1)N2c1cc(C(=O)NC2CC2)ccn1. The molecule has 2 bridgehead atoms. The minimum absolute atomic E-state index is 0.0336. The van der Waals surface area contributed by atoms with Crippen LogP contribution in [0, 0.1) is 0 Å². The molecule has 2 aromatic rings. The van der Waals surface area contributed by atoms with E-state index in [1.165, 1.54) is 0 Å². The lowest BCUT2D eigenvalue weighted by Crippen LogP contribution is -2.55. The zero-order valence-corrected chi connectivity index (χ0v) is 21.4. The number of pyridine rings is 1. The molecule has 3 fully saturated rings. The predicted molar refractivity (Wildman–Crippen MR) is 136 cm³/mol. The van der Waals surface area contributed by atoms with Crippen molar-refractivity contribution in [3.05, 3.63) is 52.1 Å². The van der Waals surface area contributed by atoms with Crippen LogP contribution in [0.3, 0.4) is 0 Å². The van der Waals surface area contributed by atoms with Crippen LogP contribution >= 0.6 is 23.2 Å². The highest BCUT2D eigenvalue weighted by atomic mass is 35.5. The maximum absolute atomic E-state index is 13.1. The number of nitrogens with one attached hydrogen (secondary N) is 2. The quantitative estimate of drug-likeness (QED) is 0.554. The molecule has 9 heteroatoms. The lowest BCUT2D eigenvalue weighted by molar-refractivity contribution is -0.135. The number of halogens is 2. The monoisotopic (exact) mass is 516 g/mol. The summed E-state index contributed by atoms with van der Waals surface area (Å²) in [5.74, 6) is 1.04. The van der Waals surface area contributed by atoms with Crippen LogP contribution in [0.15, 0.2) is 36.5 Å². The van der Waals surface area contributed by atoms with Crippen LogP contribution < -0.4 is 20.3 Å². The number of anilines is 1. The lowest BCUT2D eigenvalue weighted by atomic mass is 9.96. The van der Waals surface area contributed by atoms with Crippen molar-refractivity contribution in [2.45, 2.75) is 82.1 Å². The van der Waals surface area contributed by atoms with Crippen LogP contribution in [0.4, 0.5) is 5.82 Å². The van der Waals surface area contributed by atoms with E-state index in [0.717, 1.165) is 44.3 Å². The zero-order valence-electron chi connectivity index (χ0n) is 19.9. The van der Waals surface area contributed by atoms with Gasteiger partial charge in [0.15, 0.2) is 5.60 Å². The van der Waals surface area contributed by atoms with Gasteiger partial charge in [-0.25, -0.2) is 4.98 Å². The molecule has 0 spiro atoms. The highest BCUT2D eigenvalue weighted by molar-refractivity contribution is 6.35. The molecule has 3 atom stereocenters. The minimum Gasteiger partial charge on any atom is -0.476 e. The third-order valence-corrected chi connectivity index (χ3v) is 7.59. The standard InChI is InChI=1S/C26H30Cl2N4O3/c1-26(2,35-22-8-3-16(27)12-21(22)28)25(34)31-18-13-19-6-7-20(14-18)32(19)23-11-15(9-10-29-23)24(33)30-17-4-5-17/h3,8-12,17-20H,4-7,13-14H2,1-2H3,(H,30,33)(H,31,34)/t18-,19+,20-. The summed E-state index contributed by atoms with van der Waals surface area (Å²) >= 11 is 12.2. The zero-order chi connectivity index (χ0) is 24.7. The highest BCUT2D eigenvalue weighted by Gasteiger charge is 2.43. The van der Waals surface area contributed by atoms with Crippen LogP contribution in [0.5, 0.6) is 5.75 Å². The summed E-state index contributed by atoms with van der Waals surface area (Å²) in [5, 5.41) is 7.12. The minimum atomic E-state index is -1.10. The first-order valence-corrected chi connectivity index (χ1v) is 13.0. The van der Waals surface area contributed by atoms with Crippen LogP contribution in [-0.4, -0.2) is 46.6 Å². The Kier molecular flexibility index (Phi) is 6.57. The van der Waals surface area contributed by atoms with Crippen molar-refractivity contribution in [2.75, 3.05) is 4.90 Å². The van der Waals surface area contributed by atoms with Crippen molar-refractivity contribution in [1.29, 1.82) is 0 Å². The Labute approximate surface area is 215 Å².